The van der Waals surface area contributed by atoms with Crippen molar-refractivity contribution in [2.24, 2.45) is 0 Å². The molecule has 5 heteroatoms. The number of hydrogen-bond acceptors (Lipinski definition) is 3. The minimum absolute atomic E-state index is 0.119. The molecule has 1 aromatic carbocycles. The van der Waals surface area contributed by atoms with Crippen LogP contribution in [-0.4, -0.2) is 25.8 Å². The topological polar surface area (TPSA) is 63.4 Å². The summed E-state index contributed by atoms with van der Waals surface area (Å²) in [5.41, 5.74) is 6.88. The number of benzene rings is 1. The van der Waals surface area contributed by atoms with Crippen molar-refractivity contribution in [3.63, 3.8) is 0 Å². The Hall–Kier alpha value is -1.07. The molecule has 0 spiro atoms. The van der Waals surface area contributed by atoms with Crippen LogP contribution in [0.25, 0.3) is 0 Å². The van der Waals surface area contributed by atoms with Crippen LogP contribution in [0.4, 0.5) is 5.69 Å². The zero-order chi connectivity index (χ0) is 13.3. The molecule has 0 aromatic heterocycles. The summed E-state index contributed by atoms with van der Waals surface area (Å²) in [4.78, 5) is 0.263. The molecule has 1 saturated carbocycles. The Labute approximate surface area is 109 Å². The quantitative estimate of drug-likeness (QED) is 0.854. The van der Waals surface area contributed by atoms with Crippen LogP contribution >= 0.6 is 0 Å². The normalized spacial score (nSPS) is 17.5. The van der Waals surface area contributed by atoms with Gasteiger partial charge in [0.05, 0.1) is 5.69 Å². The van der Waals surface area contributed by atoms with Gasteiger partial charge in [-0.1, -0.05) is 25.0 Å². The molecule has 1 aliphatic rings. The summed E-state index contributed by atoms with van der Waals surface area (Å²) < 4.78 is 26.7. The molecule has 0 bridgehead atoms. The Morgan fingerprint density at radius 1 is 1.28 bits per heavy atom. The molecule has 0 aliphatic heterocycles. The number of nitrogens with zero attached hydrogens (tertiary/aromatic N) is 1. The first-order valence-corrected chi connectivity index (χ1v) is 7.71. The number of sulfonamides is 1. The molecule has 1 fully saturated rings. The van der Waals surface area contributed by atoms with Gasteiger partial charge >= 0.3 is 0 Å². The molecule has 2 N–H and O–H groups in total. The maximum atomic E-state index is 12.6. The number of nitrogen functional groups attached to an aromatic ring is 1. The predicted molar refractivity (Wildman–Crippen MR) is 72.8 cm³/mol. The van der Waals surface area contributed by atoms with E-state index in [0.29, 0.717) is 11.3 Å². The van der Waals surface area contributed by atoms with Crippen LogP contribution in [0.5, 0.6) is 0 Å². The number of anilines is 1. The molecular formula is C13H20N2O2S. The van der Waals surface area contributed by atoms with E-state index >= 15 is 0 Å². The summed E-state index contributed by atoms with van der Waals surface area (Å²) in [6, 6.07) is 5.32. The molecule has 2 rings (SSSR count). The molecule has 4 nitrogen and oxygen atoms in total. The lowest BCUT2D eigenvalue weighted by molar-refractivity contribution is 0.373. The lowest BCUT2D eigenvalue weighted by Crippen LogP contribution is -2.35. The fourth-order valence-electron chi connectivity index (χ4n) is 2.64. The molecule has 0 amide bonds. The van der Waals surface area contributed by atoms with Gasteiger partial charge in [-0.15, -0.1) is 0 Å². The van der Waals surface area contributed by atoms with E-state index in [0.717, 1.165) is 25.7 Å². The van der Waals surface area contributed by atoms with Crippen LogP contribution in [0.15, 0.2) is 23.1 Å². The summed E-state index contributed by atoms with van der Waals surface area (Å²) in [7, 11) is -1.81. The zero-order valence-corrected chi connectivity index (χ0v) is 11.7. The Balaban J connectivity index is 2.41. The van der Waals surface area contributed by atoms with Crippen LogP contribution in [0, 0.1) is 6.92 Å². The van der Waals surface area contributed by atoms with Gasteiger partial charge in [0.25, 0.3) is 0 Å². The van der Waals surface area contributed by atoms with Gasteiger partial charge in [0.15, 0.2) is 0 Å². The fraction of sp³-hybridized carbons (Fsp3) is 0.538. The molecule has 0 heterocycles. The summed E-state index contributed by atoms with van der Waals surface area (Å²) in [5.74, 6) is 0. The highest BCUT2D eigenvalue weighted by molar-refractivity contribution is 7.89. The molecule has 0 unspecified atom stereocenters. The SMILES string of the molecule is Cc1cccc(N)c1S(=O)(=O)N(C)C1CCCC1. The second-order valence-corrected chi connectivity index (χ2v) is 6.89. The Morgan fingerprint density at radius 3 is 2.44 bits per heavy atom. The highest BCUT2D eigenvalue weighted by Crippen LogP contribution is 2.30. The summed E-state index contributed by atoms with van der Waals surface area (Å²) in [6.45, 7) is 1.78. The van der Waals surface area contributed by atoms with Crippen molar-refractivity contribution in [2.75, 3.05) is 12.8 Å². The highest BCUT2D eigenvalue weighted by Gasteiger charge is 2.32. The van der Waals surface area contributed by atoms with E-state index in [-0.39, 0.29) is 10.9 Å². The molecule has 18 heavy (non-hydrogen) atoms. The minimum atomic E-state index is -3.48. The van der Waals surface area contributed by atoms with Gasteiger partial charge in [-0.3, -0.25) is 0 Å². The van der Waals surface area contributed by atoms with Gasteiger partial charge in [-0.05, 0) is 31.4 Å². The summed E-state index contributed by atoms with van der Waals surface area (Å²) in [5, 5.41) is 0. The van der Waals surface area contributed by atoms with E-state index in [1.165, 1.54) is 4.31 Å². The van der Waals surface area contributed by atoms with E-state index < -0.39 is 10.0 Å². The highest BCUT2D eigenvalue weighted by atomic mass is 32.2. The second kappa shape index (κ2) is 4.90. The van der Waals surface area contributed by atoms with Gasteiger partial charge < -0.3 is 5.73 Å². The third kappa shape index (κ3) is 2.24. The standard InChI is InChI=1S/C13H20N2O2S/c1-10-6-5-9-12(14)13(10)18(16,17)15(2)11-7-3-4-8-11/h5-6,9,11H,3-4,7-8,14H2,1-2H3. The predicted octanol–water partition coefficient (Wildman–Crippen LogP) is 2.14. The molecule has 1 aromatic rings. The van der Waals surface area contributed by atoms with Gasteiger partial charge in [0.1, 0.15) is 4.90 Å². The molecule has 0 atom stereocenters. The van der Waals surface area contributed by atoms with E-state index in [4.69, 9.17) is 5.73 Å². The van der Waals surface area contributed by atoms with Crippen molar-refractivity contribution in [3.05, 3.63) is 23.8 Å². The molecule has 100 valence electrons. The van der Waals surface area contributed by atoms with Gasteiger partial charge in [0.2, 0.25) is 10.0 Å². The Morgan fingerprint density at radius 2 is 1.89 bits per heavy atom. The van der Waals surface area contributed by atoms with E-state index in [2.05, 4.69) is 0 Å². The Bertz CT molecular complexity index is 514. The van der Waals surface area contributed by atoms with Crippen LogP contribution in [-0.2, 0) is 10.0 Å². The van der Waals surface area contributed by atoms with Crippen LogP contribution in [0.1, 0.15) is 31.2 Å². The maximum absolute atomic E-state index is 12.6. The van der Waals surface area contributed by atoms with Crippen molar-refractivity contribution in [3.8, 4) is 0 Å². The van der Waals surface area contributed by atoms with Gasteiger partial charge in [-0.2, -0.15) is 4.31 Å². The van der Waals surface area contributed by atoms with Gasteiger partial charge in [-0.25, -0.2) is 8.42 Å². The van der Waals surface area contributed by atoms with E-state index in [9.17, 15) is 8.42 Å². The Kier molecular flexibility index (Phi) is 3.64. The smallest absolute Gasteiger partial charge is 0.245 e. The van der Waals surface area contributed by atoms with Crippen molar-refractivity contribution in [1.82, 2.24) is 4.31 Å². The molecule has 1 aliphatic carbocycles. The van der Waals surface area contributed by atoms with Crippen molar-refractivity contribution in [1.29, 1.82) is 0 Å². The maximum Gasteiger partial charge on any atom is 0.245 e. The monoisotopic (exact) mass is 268 g/mol. The van der Waals surface area contributed by atoms with Crippen molar-refractivity contribution >= 4 is 15.7 Å². The average Bonchev–Trinajstić information content (AvgIpc) is 2.80. The van der Waals surface area contributed by atoms with Crippen LogP contribution in [0.2, 0.25) is 0 Å². The summed E-state index contributed by atoms with van der Waals surface area (Å²) >= 11 is 0. The second-order valence-electron chi connectivity index (χ2n) is 4.95. The third-order valence-corrected chi connectivity index (χ3v) is 5.85. The third-order valence-electron chi connectivity index (χ3n) is 3.72. The first-order chi connectivity index (χ1) is 8.44. The number of rotatable bonds is 3. The zero-order valence-electron chi connectivity index (χ0n) is 10.9. The van der Waals surface area contributed by atoms with Gasteiger partial charge in [0, 0.05) is 13.1 Å². The van der Waals surface area contributed by atoms with Crippen molar-refractivity contribution in [2.45, 2.75) is 43.5 Å². The first kappa shape index (κ1) is 13.4. The lowest BCUT2D eigenvalue weighted by atomic mass is 10.2. The largest absolute Gasteiger partial charge is 0.398 e. The average molecular weight is 268 g/mol. The lowest BCUT2D eigenvalue weighted by Gasteiger charge is -2.25. The first-order valence-electron chi connectivity index (χ1n) is 6.27. The van der Waals surface area contributed by atoms with Crippen molar-refractivity contribution < 1.29 is 8.42 Å². The minimum Gasteiger partial charge on any atom is -0.398 e. The number of nitrogens with two attached hydrogens (primary N) is 1. The van der Waals surface area contributed by atoms with E-state index in [1.54, 1.807) is 32.2 Å². The van der Waals surface area contributed by atoms with Crippen LogP contribution in [0.3, 0.4) is 0 Å². The molecule has 0 saturated heterocycles. The fourth-order valence-corrected chi connectivity index (χ4v) is 4.37. The number of hydrogen-bond donors (Lipinski definition) is 1. The molecular weight excluding hydrogens is 248 g/mol. The molecule has 0 radical (unpaired) electrons. The number of aryl methyl sites for hydroxylation is 1. The van der Waals surface area contributed by atoms with E-state index in [1.807, 2.05) is 0 Å². The van der Waals surface area contributed by atoms with Crippen LogP contribution < -0.4 is 5.73 Å². The summed E-state index contributed by atoms with van der Waals surface area (Å²) in [6.07, 6.45) is 4.10.